The van der Waals surface area contributed by atoms with Crippen LogP contribution in [0.2, 0.25) is 0 Å². The van der Waals surface area contributed by atoms with E-state index in [-0.39, 0.29) is 0 Å². The fourth-order valence-corrected chi connectivity index (χ4v) is 1.60. The highest BCUT2D eigenvalue weighted by Crippen LogP contribution is 2.16. The van der Waals surface area contributed by atoms with Gasteiger partial charge in [0.15, 0.2) is 0 Å². The predicted molar refractivity (Wildman–Crippen MR) is 52.0 cm³/mol. The average Bonchev–Trinajstić information content (AvgIpc) is 2.14. The highest BCUT2D eigenvalue weighted by Gasteiger charge is 2.09. The van der Waals surface area contributed by atoms with Crippen molar-refractivity contribution in [1.29, 1.82) is 0 Å². The third kappa shape index (κ3) is 3.80. The van der Waals surface area contributed by atoms with Crippen molar-refractivity contribution >= 4 is 0 Å². The molecule has 0 fully saturated rings. The van der Waals surface area contributed by atoms with E-state index in [4.69, 9.17) is 4.74 Å². The van der Waals surface area contributed by atoms with Gasteiger partial charge < -0.3 is 4.74 Å². The second kappa shape index (κ2) is 6.10. The second-order valence-electron chi connectivity index (χ2n) is 3.56. The van der Waals surface area contributed by atoms with Crippen LogP contribution < -0.4 is 0 Å². The van der Waals surface area contributed by atoms with E-state index in [0.717, 1.165) is 0 Å². The molecule has 0 aromatic heterocycles. The minimum atomic E-state index is 0.520. The third-order valence-electron chi connectivity index (χ3n) is 2.40. The maximum atomic E-state index is 5.48. The first kappa shape index (κ1) is 9.63. The molecule has 0 spiro atoms. The summed E-state index contributed by atoms with van der Waals surface area (Å²) in [5, 5.41) is 0. The van der Waals surface area contributed by atoms with Crippen molar-refractivity contribution < 1.29 is 4.74 Å². The van der Waals surface area contributed by atoms with Gasteiger partial charge in [-0.25, -0.2) is 0 Å². The molecule has 70 valence electrons. The zero-order valence-electron chi connectivity index (χ0n) is 8.09. The normalized spacial score (nSPS) is 22.2. The minimum absolute atomic E-state index is 0.520. The van der Waals surface area contributed by atoms with E-state index in [0.29, 0.717) is 6.10 Å². The third-order valence-corrected chi connectivity index (χ3v) is 2.40. The summed E-state index contributed by atoms with van der Waals surface area (Å²) in [7, 11) is 0. The van der Waals surface area contributed by atoms with Crippen molar-refractivity contribution in [3.63, 3.8) is 0 Å². The molecule has 0 aromatic rings. The van der Waals surface area contributed by atoms with Gasteiger partial charge in [0.1, 0.15) is 0 Å². The van der Waals surface area contributed by atoms with E-state index in [1.54, 1.807) is 0 Å². The molecule has 12 heavy (non-hydrogen) atoms. The summed E-state index contributed by atoms with van der Waals surface area (Å²) >= 11 is 0. The highest BCUT2D eigenvalue weighted by atomic mass is 16.5. The molecule has 1 nitrogen and oxygen atoms in total. The number of rotatable bonds is 5. The van der Waals surface area contributed by atoms with E-state index >= 15 is 0 Å². The Morgan fingerprint density at radius 3 is 2.92 bits per heavy atom. The van der Waals surface area contributed by atoms with Gasteiger partial charge in [-0.3, -0.25) is 0 Å². The molecule has 0 N–H and O–H groups in total. The van der Waals surface area contributed by atoms with Crippen molar-refractivity contribution in [3.8, 4) is 0 Å². The van der Waals surface area contributed by atoms with E-state index < -0.39 is 0 Å². The van der Waals surface area contributed by atoms with Gasteiger partial charge in [0.2, 0.25) is 0 Å². The van der Waals surface area contributed by atoms with Crippen LogP contribution in [0.1, 0.15) is 51.9 Å². The molecule has 0 saturated carbocycles. The van der Waals surface area contributed by atoms with Crippen LogP contribution in [0.25, 0.3) is 0 Å². The van der Waals surface area contributed by atoms with Crippen molar-refractivity contribution in [3.05, 3.63) is 12.3 Å². The van der Waals surface area contributed by atoms with E-state index in [1.165, 1.54) is 44.9 Å². The average molecular weight is 168 g/mol. The second-order valence-corrected chi connectivity index (χ2v) is 3.56. The molecule has 1 atom stereocenters. The first-order valence-electron chi connectivity index (χ1n) is 5.24. The van der Waals surface area contributed by atoms with E-state index in [2.05, 4.69) is 13.0 Å². The SMILES string of the molecule is CCCCCCC1CCC=CO1. The van der Waals surface area contributed by atoms with Crippen LogP contribution in [0.15, 0.2) is 12.3 Å². The lowest BCUT2D eigenvalue weighted by Crippen LogP contribution is -2.11. The summed E-state index contributed by atoms with van der Waals surface area (Å²) in [6, 6.07) is 0. The Bertz CT molecular complexity index is 129. The number of hydrogen-bond donors (Lipinski definition) is 0. The smallest absolute Gasteiger partial charge is 0.0981 e. The van der Waals surface area contributed by atoms with Crippen LogP contribution in [0.5, 0.6) is 0 Å². The van der Waals surface area contributed by atoms with Crippen LogP contribution in [-0.4, -0.2) is 6.10 Å². The molecular weight excluding hydrogens is 148 g/mol. The minimum Gasteiger partial charge on any atom is -0.498 e. The summed E-state index contributed by atoms with van der Waals surface area (Å²) in [6.07, 6.45) is 13.6. The van der Waals surface area contributed by atoms with Gasteiger partial charge in [-0.15, -0.1) is 0 Å². The van der Waals surface area contributed by atoms with Crippen molar-refractivity contribution in [2.45, 2.75) is 58.0 Å². The van der Waals surface area contributed by atoms with E-state index in [1.807, 2.05) is 6.26 Å². The lowest BCUT2D eigenvalue weighted by atomic mass is 10.0. The van der Waals surface area contributed by atoms with Gasteiger partial charge in [0.05, 0.1) is 12.4 Å². The molecule has 0 amide bonds. The lowest BCUT2D eigenvalue weighted by molar-refractivity contribution is 0.113. The predicted octanol–water partition coefficient (Wildman–Crippen LogP) is 3.65. The molecular formula is C11H20O. The van der Waals surface area contributed by atoms with Gasteiger partial charge in [-0.1, -0.05) is 26.2 Å². The molecule has 0 bridgehead atoms. The van der Waals surface area contributed by atoms with Crippen molar-refractivity contribution in [1.82, 2.24) is 0 Å². The summed E-state index contributed by atoms with van der Waals surface area (Å²) < 4.78 is 5.48. The Labute approximate surface area is 75.8 Å². The fourth-order valence-electron chi connectivity index (χ4n) is 1.60. The van der Waals surface area contributed by atoms with Gasteiger partial charge in [-0.05, 0) is 31.8 Å². The monoisotopic (exact) mass is 168 g/mol. The Hall–Kier alpha value is -0.460. The van der Waals surface area contributed by atoms with Crippen LogP contribution >= 0.6 is 0 Å². The lowest BCUT2D eigenvalue weighted by Gasteiger charge is -2.18. The molecule has 0 saturated heterocycles. The van der Waals surface area contributed by atoms with Gasteiger partial charge in [0, 0.05) is 0 Å². The Balaban J connectivity index is 1.95. The maximum absolute atomic E-state index is 5.48. The molecule has 1 heterocycles. The summed E-state index contributed by atoms with van der Waals surface area (Å²) in [5.41, 5.74) is 0. The van der Waals surface area contributed by atoms with Crippen molar-refractivity contribution in [2.24, 2.45) is 0 Å². The van der Waals surface area contributed by atoms with Crippen LogP contribution in [0.3, 0.4) is 0 Å². The molecule has 1 aliphatic rings. The van der Waals surface area contributed by atoms with Crippen LogP contribution in [0, 0.1) is 0 Å². The first-order chi connectivity index (χ1) is 5.93. The maximum Gasteiger partial charge on any atom is 0.0981 e. The zero-order valence-corrected chi connectivity index (χ0v) is 8.09. The number of hydrogen-bond acceptors (Lipinski definition) is 1. The zero-order chi connectivity index (χ0) is 8.65. The molecule has 0 aromatic carbocycles. The molecule has 0 aliphatic carbocycles. The van der Waals surface area contributed by atoms with Crippen LogP contribution in [-0.2, 0) is 4.74 Å². The Morgan fingerprint density at radius 1 is 1.33 bits per heavy atom. The first-order valence-corrected chi connectivity index (χ1v) is 5.24. The molecule has 0 radical (unpaired) electrons. The molecule has 1 rings (SSSR count). The van der Waals surface area contributed by atoms with Gasteiger partial charge >= 0.3 is 0 Å². The Kier molecular flexibility index (Phi) is 4.89. The fraction of sp³-hybridized carbons (Fsp3) is 0.818. The Morgan fingerprint density at radius 2 is 2.25 bits per heavy atom. The van der Waals surface area contributed by atoms with Gasteiger partial charge in [0.25, 0.3) is 0 Å². The topological polar surface area (TPSA) is 9.23 Å². The van der Waals surface area contributed by atoms with Crippen LogP contribution in [0.4, 0.5) is 0 Å². The standard InChI is InChI=1S/C11H20O/c1-2-3-4-5-8-11-9-6-7-10-12-11/h7,10-11H,2-6,8-9H2,1H3. The summed E-state index contributed by atoms with van der Waals surface area (Å²) in [4.78, 5) is 0. The molecule has 1 unspecified atom stereocenters. The molecule has 1 heteroatoms. The van der Waals surface area contributed by atoms with E-state index in [9.17, 15) is 0 Å². The quantitative estimate of drug-likeness (QED) is 0.569. The largest absolute Gasteiger partial charge is 0.498 e. The number of allylic oxidation sites excluding steroid dienone is 1. The summed E-state index contributed by atoms with van der Waals surface area (Å²) in [5.74, 6) is 0. The van der Waals surface area contributed by atoms with Crippen molar-refractivity contribution in [2.75, 3.05) is 0 Å². The number of ether oxygens (including phenoxy) is 1. The number of unbranched alkanes of at least 4 members (excludes halogenated alkanes) is 3. The highest BCUT2D eigenvalue weighted by molar-refractivity contribution is 4.81. The summed E-state index contributed by atoms with van der Waals surface area (Å²) in [6.45, 7) is 2.25. The molecule has 1 aliphatic heterocycles. The van der Waals surface area contributed by atoms with Gasteiger partial charge in [-0.2, -0.15) is 0 Å².